The Balaban J connectivity index is 1.68. The van der Waals surface area contributed by atoms with Crippen molar-refractivity contribution < 1.29 is 33.1 Å². The van der Waals surface area contributed by atoms with Gasteiger partial charge in [-0.1, -0.05) is 27.3 Å². The molecule has 0 unspecified atom stereocenters. The number of methoxy groups -OCH3 is 3. The number of hydrogen-bond acceptors (Lipinski definition) is 11. The molecule has 0 fully saturated rings. The molecule has 2 aromatic heterocycles. The first-order valence-corrected chi connectivity index (χ1v) is 14.8. The van der Waals surface area contributed by atoms with Gasteiger partial charge in [0.2, 0.25) is 0 Å². The highest BCUT2D eigenvalue weighted by molar-refractivity contribution is 9.10. The van der Waals surface area contributed by atoms with Gasteiger partial charge in [0.1, 0.15) is 17.3 Å². The number of carbonyl (C=O) groups excluding carboxylic acids is 1. The van der Waals surface area contributed by atoms with E-state index in [9.17, 15) is 19.7 Å². The number of carbonyl (C=O) groups is 1. The lowest BCUT2D eigenvalue weighted by molar-refractivity contribution is -0.384. The van der Waals surface area contributed by atoms with E-state index < -0.39 is 22.5 Å². The second-order valence-corrected chi connectivity index (χ2v) is 11.2. The molecule has 1 aliphatic rings. The summed E-state index contributed by atoms with van der Waals surface area (Å²) >= 11 is 4.71. The number of nitro groups is 1. The minimum atomic E-state index is -0.900. The average molecular weight is 685 g/mol. The van der Waals surface area contributed by atoms with Crippen LogP contribution in [0, 0.1) is 10.1 Å². The number of hydrogen-bond donors (Lipinski definition) is 0. The summed E-state index contributed by atoms with van der Waals surface area (Å²) in [5.74, 6) is 1.30. The Labute approximate surface area is 262 Å². The highest BCUT2D eigenvalue weighted by Crippen LogP contribution is 2.41. The molecule has 0 N–H and O–H groups in total. The zero-order valence-corrected chi connectivity index (χ0v) is 26.6. The zero-order chi connectivity index (χ0) is 31.7. The van der Waals surface area contributed by atoms with Crippen LogP contribution in [0.2, 0.25) is 0 Å². The van der Waals surface area contributed by atoms with Crippen LogP contribution in [0.15, 0.2) is 72.4 Å². The fourth-order valence-electron chi connectivity index (χ4n) is 4.87. The molecule has 14 heteroatoms. The van der Waals surface area contributed by atoms with E-state index >= 15 is 0 Å². The van der Waals surface area contributed by atoms with Crippen LogP contribution < -0.4 is 29.1 Å². The number of nitro benzene ring substituents is 1. The average Bonchev–Trinajstić information content (AvgIpc) is 3.59. The highest BCUT2D eigenvalue weighted by Gasteiger charge is 2.35. The lowest BCUT2D eigenvalue weighted by Crippen LogP contribution is -2.40. The van der Waals surface area contributed by atoms with Crippen molar-refractivity contribution in [2.75, 3.05) is 27.9 Å². The molecule has 1 aliphatic heterocycles. The molecule has 0 spiro atoms. The fourth-order valence-corrected chi connectivity index (χ4v) is 6.44. The summed E-state index contributed by atoms with van der Waals surface area (Å²) in [6.07, 6.45) is 1.56. The molecule has 12 nitrogen and oxygen atoms in total. The smallest absolute Gasteiger partial charge is 0.338 e. The Bertz CT molecular complexity index is 2010. The van der Waals surface area contributed by atoms with Gasteiger partial charge >= 0.3 is 5.97 Å². The van der Waals surface area contributed by atoms with Crippen LogP contribution >= 0.6 is 27.3 Å². The van der Waals surface area contributed by atoms with Gasteiger partial charge in [0.15, 0.2) is 16.3 Å². The van der Waals surface area contributed by atoms with Crippen molar-refractivity contribution in [3.63, 3.8) is 0 Å². The number of benzene rings is 2. The van der Waals surface area contributed by atoms with Gasteiger partial charge in [0.05, 0.1) is 60.3 Å². The molecular formula is C30H26BrN3O9S. The van der Waals surface area contributed by atoms with Crippen LogP contribution in [0.3, 0.4) is 0 Å². The van der Waals surface area contributed by atoms with Gasteiger partial charge in [-0.2, -0.15) is 0 Å². The topological polar surface area (TPSA) is 145 Å². The Morgan fingerprint density at radius 3 is 2.48 bits per heavy atom. The monoisotopic (exact) mass is 683 g/mol. The molecule has 2 aromatic carbocycles. The van der Waals surface area contributed by atoms with Crippen molar-refractivity contribution in [1.82, 2.24) is 4.57 Å². The standard InChI is InChI=1S/C30H26BrN3O9S/c1-6-42-29(36)26-15(2)32-30-33(27(26)18-13-23(40-4)24(41-5)14-20(18)31)28(35)25(44-30)12-17-8-10-22(43-17)19-11-16(34(37)38)7-9-21(19)39-3/h7-14,27H,6H2,1-5H3/b25-12-/t27-/m1/s1. The van der Waals surface area contributed by atoms with Crippen molar-refractivity contribution in [2.45, 2.75) is 19.9 Å². The molecule has 1 atom stereocenters. The van der Waals surface area contributed by atoms with Gasteiger partial charge < -0.3 is 23.4 Å². The maximum Gasteiger partial charge on any atom is 0.338 e. The summed E-state index contributed by atoms with van der Waals surface area (Å²) in [5, 5.41) is 11.3. The SMILES string of the molecule is CCOC(=O)C1=C(C)N=c2s/c(=C\c3ccc(-c4cc([N+](=O)[O-])ccc4OC)o3)c(=O)n2[C@@H]1c1cc(OC)c(OC)cc1Br. The zero-order valence-electron chi connectivity index (χ0n) is 24.2. The Hall–Kier alpha value is -4.69. The maximum atomic E-state index is 14.0. The first-order valence-electron chi connectivity index (χ1n) is 13.2. The number of allylic oxidation sites excluding steroid dienone is 1. The largest absolute Gasteiger partial charge is 0.496 e. The second kappa shape index (κ2) is 12.5. The summed E-state index contributed by atoms with van der Waals surface area (Å²) < 4.78 is 30.0. The van der Waals surface area contributed by atoms with E-state index in [-0.39, 0.29) is 22.4 Å². The van der Waals surface area contributed by atoms with Crippen LogP contribution in [-0.4, -0.2) is 43.4 Å². The van der Waals surface area contributed by atoms with E-state index in [0.717, 1.165) is 11.3 Å². The van der Waals surface area contributed by atoms with Gasteiger partial charge in [-0.05, 0) is 49.7 Å². The second-order valence-electron chi connectivity index (χ2n) is 9.37. The number of rotatable bonds is 9. The highest BCUT2D eigenvalue weighted by atomic mass is 79.9. The number of halogens is 1. The lowest BCUT2D eigenvalue weighted by Gasteiger charge is -2.26. The van der Waals surface area contributed by atoms with Crippen molar-refractivity contribution in [3.8, 4) is 28.6 Å². The third kappa shape index (κ3) is 5.53. The molecule has 0 amide bonds. The number of nitrogens with zero attached hydrogens (tertiary/aromatic N) is 3. The molecule has 0 saturated carbocycles. The first-order chi connectivity index (χ1) is 21.1. The third-order valence-corrected chi connectivity index (χ3v) is 8.54. The molecule has 0 saturated heterocycles. The summed E-state index contributed by atoms with van der Waals surface area (Å²) in [6, 6.07) is 9.97. The third-order valence-electron chi connectivity index (χ3n) is 6.87. The van der Waals surface area contributed by atoms with Gasteiger partial charge in [0.25, 0.3) is 11.2 Å². The molecule has 0 radical (unpaired) electrons. The van der Waals surface area contributed by atoms with Crippen LogP contribution in [-0.2, 0) is 9.53 Å². The van der Waals surface area contributed by atoms with E-state index in [2.05, 4.69) is 20.9 Å². The Morgan fingerprint density at radius 1 is 1.11 bits per heavy atom. The summed E-state index contributed by atoms with van der Waals surface area (Å²) in [4.78, 5) is 43.1. The minimum Gasteiger partial charge on any atom is -0.496 e. The Kier molecular flexibility index (Phi) is 8.74. The number of fused-ring (bicyclic) bond motifs is 1. The molecule has 5 rings (SSSR count). The number of ether oxygens (including phenoxy) is 4. The van der Waals surface area contributed by atoms with E-state index in [4.69, 9.17) is 23.4 Å². The van der Waals surface area contributed by atoms with E-state index in [1.807, 2.05) is 0 Å². The maximum absolute atomic E-state index is 14.0. The van der Waals surface area contributed by atoms with Gasteiger partial charge in [-0.3, -0.25) is 19.5 Å². The number of esters is 1. The van der Waals surface area contributed by atoms with Crippen molar-refractivity contribution >= 4 is 45.0 Å². The quantitative estimate of drug-likeness (QED) is 0.139. The van der Waals surface area contributed by atoms with Crippen LogP contribution in [0.25, 0.3) is 17.4 Å². The van der Waals surface area contributed by atoms with E-state index in [0.29, 0.717) is 54.9 Å². The van der Waals surface area contributed by atoms with E-state index in [1.165, 1.54) is 44.1 Å². The van der Waals surface area contributed by atoms with Crippen molar-refractivity contribution in [3.05, 3.63) is 99.3 Å². The fraction of sp³-hybridized carbons (Fsp3) is 0.233. The van der Waals surface area contributed by atoms with E-state index in [1.54, 1.807) is 44.2 Å². The number of furan rings is 1. The summed E-state index contributed by atoms with van der Waals surface area (Å²) in [5.41, 5.74) is 1.01. The minimum absolute atomic E-state index is 0.124. The molecule has 0 aliphatic carbocycles. The predicted molar refractivity (Wildman–Crippen MR) is 165 cm³/mol. The van der Waals surface area contributed by atoms with Gasteiger partial charge in [-0.25, -0.2) is 9.79 Å². The first kappa shape index (κ1) is 30.8. The summed E-state index contributed by atoms with van der Waals surface area (Å²) in [6.45, 7) is 3.53. The molecular weight excluding hydrogens is 658 g/mol. The number of aromatic nitrogens is 1. The van der Waals surface area contributed by atoms with Crippen molar-refractivity contribution in [1.29, 1.82) is 0 Å². The van der Waals surface area contributed by atoms with Gasteiger partial charge in [0, 0.05) is 22.7 Å². The predicted octanol–water partition coefficient (Wildman–Crippen LogP) is 4.75. The van der Waals surface area contributed by atoms with Gasteiger partial charge in [-0.15, -0.1) is 0 Å². The molecule has 0 bridgehead atoms. The van der Waals surface area contributed by atoms with Crippen LogP contribution in [0.5, 0.6) is 17.2 Å². The number of non-ortho nitro benzene ring substituents is 1. The molecule has 4 aromatic rings. The molecule has 44 heavy (non-hydrogen) atoms. The van der Waals surface area contributed by atoms with Crippen LogP contribution in [0.4, 0.5) is 5.69 Å². The summed E-state index contributed by atoms with van der Waals surface area (Å²) in [7, 11) is 4.46. The molecule has 3 heterocycles. The van der Waals surface area contributed by atoms with Crippen LogP contribution in [0.1, 0.15) is 31.2 Å². The van der Waals surface area contributed by atoms with Crippen molar-refractivity contribution in [2.24, 2.45) is 4.99 Å². The molecule has 228 valence electrons. The Morgan fingerprint density at radius 2 is 1.82 bits per heavy atom. The lowest BCUT2D eigenvalue weighted by atomic mass is 9.95. The number of thiazole rings is 1. The normalized spacial score (nSPS) is 14.6.